The zero-order valence-electron chi connectivity index (χ0n) is 17.6. The molecule has 0 saturated heterocycles. The molecule has 0 unspecified atom stereocenters. The van der Waals surface area contributed by atoms with Crippen LogP contribution in [-0.2, 0) is 18.7 Å². The number of aromatic nitrogens is 4. The third-order valence-corrected chi connectivity index (χ3v) is 6.21. The van der Waals surface area contributed by atoms with Gasteiger partial charge in [-0.3, -0.25) is 9.36 Å². The van der Waals surface area contributed by atoms with Gasteiger partial charge in [0.15, 0.2) is 27.8 Å². The van der Waals surface area contributed by atoms with Crippen LogP contribution in [0.3, 0.4) is 0 Å². The lowest BCUT2D eigenvalue weighted by Crippen LogP contribution is -2.25. The second-order valence-electron chi connectivity index (χ2n) is 6.93. The van der Waals surface area contributed by atoms with Crippen molar-refractivity contribution in [3.63, 3.8) is 0 Å². The molecule has 0 aliphatic heterocycles. The van der Waals surface area contributed by atoms with Crippen molar-refractivity contribution >= 4 is 34.5 Å². The Bertz CT molecular complexity index is 1290. The van der Waals surface area contributed by atoms with Gasteiger partial charge in [-0.05, 0) is 41.8 Å². The maximum absolute atomic E-state index is 13.2. The van der Waals surface area contributed by atoms with Crippen LogP contribution < -0.4 is 15.0 Å². The Hall–Kier alpha value is -3.10. The molecule has 0 spiro atoms. The number of benzene rings is 2. The SMILES string of the molecule is COc1ccc(CCn2c(SCc3ccc(Cl)cc3)nc3nccnc3c2=O)cc1OC. The second kappa shape index (κ2) is 10.0. The largest absolute Gasteiger partial charge is 0.493 e. The molecule has 0 fully saturated rings. The van der Waals surface area contributed by atoms with Gasteiger partial charge >= 0.3 is 0 Å². The summed E-state index contributed by atoms with van der Waals surface area (Å²) in [5.74, 6) is 1.96. The lowest BCUT2D eigenvalue weighted by molar-refractivity contribution is 0.354. The number of hydrogen-bond donors (Lipinski definition) is 0. The monoisotopic (exact) mass is 468 g/mol. The molecule has 32 heavy (non-hydrogen) atoms. The Morgan fingerprint density at radius 1 is 0.969 bits per heavy atom. The summed E-state index contributed by atoms with van der Waals surface area (Å²) < 4.78 is 12.4. The number of fused-ring (bicyclic) bond motifs is 1. The molecule has 4 rings (SSSR count). The van der Waals surface area contributed by atoms with Gasteiger partial charge in [0.25, 0.3) is 5.56 Å². The zero-order valence-corrected chi connectivity index (χ0v) is 19.2. The zero-order chi connectivity index (χ0) is 22.5. The number of methoxy groups -OCH3 is 2. The van der Waals surface area contributed by atoms with E-state index < -0.39 is 0 Å². The number of halogens is 1. The quantitative estimate of drug-likeness (QED) is 0.280. The van der Waals surface area contributed by atoms with E-state index in [2.05, 4.69) is 15.0 Å². The average molecular weight is 469 g/mol. The van der Waals surface area contributed by atoms with Crippen LogP contribution in [0.4, 0.5) is 0 Å². The highest BCUT2D eigenvalue weighted by Gasteiger charge is 2.14. The first-order valence-corrected chi connectivity index (χ1v) is 11.2. The minimum absolute atomic E-state index is 0.206. The Kier molecular flexibility index (Phi) is 6.92. The normalized spacial score (nSPS) is 11.0. The molecule has 2 aromatic carbocycles. The van der Waals surface area contributed by atoms with Gasteiger partial charge in [-0.1, -0.05) is 41.6 Å². The summed E-state index contributed by atoms with van der Waals surface area (Å²) in [6, 6.07) is 13.4. The van der Waals surface area contributed by atoms with E-state index in [0.717, 1.165) is 11.1 Å². The summed E-state index contributed by atoms with van der Waals surface area (Å²) in [4.78, 5) is 26.2. The van der Waals surface area contributed by atoms with Gasteiger partial charge < -0.3 is 9.47 Å². The molecule has 0 N–H and O–H groups in total. The maximum Gasteiger partial charge on any atom is 0.282 e. The van der Waals surface area contributed by atoms with Crippen LogP contribution >= 0.6 is 23.4 Å². The molecule has 0 atom stereocenters. The van der Waals surface area contributed by atoms with Crippen molar-refractivity contribution in [1.29, 1.82) is 0 Å². The molecule has 0 aliphatic carbocycles. The van der Waals surface area contributed by atoms with Gasteiger partial charge in [0.05, 0.1) is 14.2 Å². The summed E-state index contributed by atoms with van der Waals surface area (Å²) in [5.41, 5.74) is 2.50. The van der Waals surface area contributed by atoms with E-state index in [9.17, 15) is 4.79 Å². The summed E-state index contributed by atoms with van der Waals surface area (Å²) in [6.07, 6.45) is 3.66. The Morgan fingerprint density at radius 3 is 2.44 bits per heavy atom. The highest BCUT2D eigenvalue weighted by Crippen LogP contribution is 2.28. The van der Waals surface area contributed by atoms with E-state index in [4.69, 9.17) is 21.1 Å². The minimum Gasteiger partial charge on any atom is -0.493 e. The molecule has 0 radical (unpaired) electrons. The average Bonchev–Trinajstić information content (AvgIpc) is 2.83. The topological polar surface area (TPSA) is 79.1 Å². The van der Waals surface area contributed by atoms with E-state index in [1.807, 2.05) is 42.5 Å². The molecule has 9 heteroatoms. The minimum atomic E-state index is -0.206. The van der Waals surface area contributed by atoms with Crippen LogP contribution in [0.2, 0.25) is 5.02 Å². The molecule has 0 aliphatic rings. The lowest BCUT2D eigenvalue weighted by atomic mass is 10.1. The Morgan fingerprint density at radius 2 is 1.69 bits per heavy atom. The standard InChI is InChI=1S/C23H21ClN4O3S/c1-30-18-8-5-15(13-19(18)31-2)9-12-28-22(29)20-21(26-11-10-25-20)27-23(28)32-14-16-3-6-17(24)7-4-16/h3-8,10-11,13H,9,12,14H2,1-2H3. The van der Waals surface area contributed by atoms with Crippen molar-refractivity contribution in [2.75, 3.05) is 14.2 Å². The first kappa shape index (κ1) is 22.1. The summed E-state index contributed by atoms with van der Waals surface area (Å²) in [7, 11) is 3.20. The number of rotatable bonds is 8. The molecular weight excluding hydrogens is 448 g/mol. The van der Waals surface area contributed by atoms with Gasteiger partial charge in [0.2, 0.25) is 0 Å². The van der Waals surface area contributed by atoms with Crippen molar-refractivity contribution < 1.29 is 9.47 Å². The smallest absolute Gasteiger partial charge is 0.282 e. The maximum atomic E-state index is 13.2. The van der Waals surface area contributed by atoms with Gasteiger partial charge in [0.1, 0.15) is 0 Å². The van der Waals surface area contributed by atoms with E-state index in [-0.39, 0.29) is 11.1 Å². The molecule has 2 aromatic heterocycles. The summed E-state index contributed by atoms with van der Waals surface area (Å²) >= 11 is 7.46. The van der Waals surface area contributed by atoms with E-state index in [1.165, 1.54) is 24.2 Å². The first-order chi connectivity index (χ1) is 15.6. The number of hydrogen-bond acceptors (Lipinski definition) is 7. The molecule has 4 aromatic rings. The molecule has 0 bridgehead atoms. The second-order valence-corrected chi connectivity index (χ2v) is 8.31. The van der Waals surface area contributed by atoms with Gasteiger partial charge in [-0.25, -0.2) is 15.0 Å². The van der Waals surface area contributed by atoms with Crippen LogP contribution in [0.15, 0.2) is 64.8 Å². The highest BCUT2D eigenvalue weighted by atomic mass is 35.5. The van der Waals surface area contributed by atoms with Crippen LogP contribution in [0.5, 0.6) is 11.5 Å². The molecule has 164 valence electrons. The molecular formula is C23H21ClN4O3S. The van der Waals surface area contributed by atoms with Gasteiger partial charge in [-0.2, -0.15) is 0 Å². The fourth-order valence-electron chi connectivity index (χ4n) is 3.24. The van der Waals surface area contributed by atoms with Crippen molar-refractivity contribution in [2.45, 2.75) is 23.9 Å². The van der Waals surface area contributed by atoms with E-state index in [0.29, 0.717) is 46.0 Å². The summed E-state index contributed by atoms with van der Waals surface area (Å²) in [6.45, 7) is 0.441. The van der Waals surface area contributed by atoms with Crippen LogP contribution in [-0.4, -0.2) is 33.7 Å². The number of thioether (sulfide) groups is 1. The molecule has 0 saturated carbocycles. The Labute approximate surface area is 194 Å². The van der Waals surface area contributed by atoms with Crippen molar-refractivity contribution in [3.05, 3.63) is 81.4 Å². The number of nitrogens with zero attached hydrogens (tertiary/aromatic N) is 4. The number of ether oxygens (including phenoxy) is 2. The predicted molar refractivity (Wildman–Crippen MR) is 126 cm³/mol. The first-order valence-electron chi connectivity index (χ1n) is 9.88. The van der Waals surface area contributed by atoms with E-state index >= 15 is 0 Å². The summed E-state index contributed by atoms with van der Waals surface area (Å²) in [5, 5.41) is 1.28. The van der Waals surface area contributed by atoms with Gasteiger partial charge in [-0.15, -0.1) is 0 Å². The number of aryl methyl sites for hydroxylation is 1. The highest BCUT2D eigenvalue weighted by molar-refractivity contribution is 7.98. The predicted octanol–water partition coefficient (Wildman–Crippen LogP) is 4.39. The fourth-order valence-corrected chi connectivity index (χ4v) is 4.34. The molecule has 2 heterocycles. The molecule has 0 amide bonds. The molecule has 7 nitrogen and oxygen atoms in total. The lowest BCUT2D eigenvalue weighted by Gasteiger charge is -2.13. The van der Waals surface area contributed by atoms with Crippen molar-refractivity contribution in [3.8, 4) is 11.5 Å². The Balaban J connectivity index is 1.64. The van der Waals surface area contributed by atoms with Crippen LogP contribution in [0, 0.1) is 0 Å². The van der Waals surface area contributed by atoms with E-state index in [1.54, 1.807) is 18.8 Å². The van der Waals surface area contributed by atoms with Crippen molar-refractivity contribution in [2.24, 2.45) is 0 Å². The van der Waals surface area contributed by atoms with Crippen LogP contribution in [0.25, 0.3) is 11.2 Å². The van der Waals surface area contributed by atoms with Crippen molar-refractivity contribution in [1.82, 2.24) is 19.5 Å². The fraction of sp³-hybridized carbons (Fsp3) is 0.217. The third-order valence-electron chi connectivity index (χ3n) is 4.91. The van der Waals surface area contributed by atoms with Gasteiger partial charge in [0, 0.05) is 29.7 Å². The third kappa shape index (κ3) is 4.87. The van der Waals surface area contributed by atoms with Crippen LogP contribution in [0.1, 0.15) is 11.1 Å².